The van der Waals surface area contributed by atoms with Crippen LogP contribution in [0.4, 0.5) is 0 Å². The molecule has 1 saturated carbocycles. The van der Waals surface area contributed by atoms with E-state index in [1.807, 2.05) is 6.07 Å². The molecule has 90 valence electrons. The highest BCUT2D eigenvalue weighted by Gasteiger charge is 2.20. The Labute approximate surface area is 113 Å². The summed E-state index contributed by atoms with van der Waals surface area (Å²) in [6.07, 6.45) is 6.12. The first-order valence-electron chi connectivity index (χ1n) is 5.34. The van der Waals surface area contributed by atoms with Crippen molar-refractivity contribution in [2.24, 2.45) is 10.9 Å². The van der Waals surface area contributed by atoms with Gasteiger partial charge in [0.15, 0.2) is 5.96 Å². The maximum atomic E-state index is 4.99. The maximum absolute atomic E-state index is 4.99. The van der Waals surface area contributed by atoms with Gasteiger partial charge in [-0.3, -0.25) is 4.99 Å². The molecule has 1 aliphatic carbocycles. The van der Waals surface area contributed by atoms with Crippen molar-refractivity contribution in [3.8, 4) is 0 Å². The standard InChI is InChI=1S/C11H17N3O.HI/c1-12-11(13-6-9-2-3-9)14-7-10-4-5-15-8-10;/h4-5,8-9H,2-3,6-7H2,1H3,(H2,12,13,14);1H. The maximum Gasteiger partial charge on any atom is 0.191 e. The number of hydrogen-bond donors (Lipinski definition) is 2. The molecule has 16 heavy (non-hydrogen) atoms. The lowest BCUT2D eigenvalue weighted by Crippen LogP contribution is -2.37. The molecule has 1 aromatic rings. The Morgan fingerprint density at radius 1 is 1.50 bits per heavy atom. The van der Waals surface area contributed by atoms with Crippen LogP contribution in [0.3, 0.4) is 0 Å². The number of aliphatic imine (C=N–C) groups is 1. The highest BCUT2D eigenvalue weighted by molar-refractivity contribution is 14.0. The lowest BCUT2D eigenvalue weighted by molar-refractivity contribution is 0.563. The molecule has 2 N–H and O–H groups in total. The Bertz CT molecular complexity index is 320. The first kappa shape index (κ1) is 13.3. The second-order valence-electron chi connectivity index (χ2n) is 3.88. The summed E-state index contributed by atoms with van der Waals surface area (Å²) in [6.45, 7) is 1.78. The van der Waals surface area contributed by atoms with Crippen LogP contribution in [0.25, 0.3) is 0 Å². The Morgan fingerprint density at radius 3 is 2.88 bits per heavy atom. The van der Waals surface area contributed by atoms with Crippen molar-refractivity contribution >= 4 is 29.9 Å². The van der Waals surface area contributed by atoms with E-state index in [1.165, 1.54) is 12.8 Å². The van der Waals surface area contributed by atoms with Crippen molar-refractivity contribution in [2.45, 2.75) is 19.4 Å². The highest BCUT2D eigenvalue weighted by Crippen LogP contribution is 2.27. The lowest BCUT2D eigenvalue weighted by atomic mass is 10.3. The average Bonchev–Trinajstić information content (AvgIpc) is 2.94. The molecule has 1 heterocycles. The van der Waals surface area contributed by atoms with Crippen LogP contribution in [0.5, 0.6) is 0 Å². The van der Waals surface area contributed by atoms with Gasteiger partial charge in [-0.25, -0.2) is 0 Å². The summed E-state index contributed by atoms with van der Waals surface area (Å²) in [4.78, 5) is 4.15. The van der Waals surface area contributed by atoms with Gasteiger partial charge in [-0.1, -0.05) is 0 Å². The van der Waals surface area contributed by atoms with Gasteiger partial charge in [-0.2, -0.15) is 0 Å². The summed E-state index contributed by atoms with van der Waals surface area (Å²) in [6, 6.07) is 1.95. The number of rotatable bonds is 4. The zero-order valence-corrected chi connectivity index (χ0v) is 11.7. The van der Waals surface area contributed by atoms with Crippen molar-refractivity contribution in [2.75, 3.05) is 13.6 Å². The second-order valence-corrected chi connectivity index (χ2v) is 3.88. The predicted molar refractivity (Wildman–Crippen MR) is 75.0 cm³/mol. The van der Waals surface area contributed by atoms with Crippen molar-refractivity contribution in [3.05, 3.63) is 24.2 Å². The molecule has 0 atom stereocenters. The van der Waals surface area contributed by atoms with E-state index in [1.54, 1.807) is 19.6 Å². The van der Waals surface area contributed by atoms with Gasteiger partial charge in [0, 0.05) is 25.7 Å². The van der Waals surface area contributed by atoms with Crippen LogP contribution in [0, 0.1) is 5.92 Å². The molecule has 4 nitrogen and oxygen atoms in total. The van der Waals surface area contributed by atoms with Crippen LogP contribution in [-0.2, 0) is 6.54 Å². The first-order chi connectivity index (χ1) is 7.38. The lowest BCUT2D eigenvalue weighted by Gasteiger charge is -2.10. The molecule has 0 saturated heterocycles. The van der Waals surface area contributed by atoms with Crippen LogP contribution < -0.4 is 10.6 Å². The number of hydrogen-bond acceptors (Lipinski definition) is 2. The zero-order chi connectivity index (χ0) is 10.5. The number of nitrogens with zero attached hydrogens (tertiary/aromatic N) is 1. The molecule has 0 unspecified atom stereocenters. The molecule has 2 rings (SSSR count). The second kappa shape index (κ2) is 6.78. The largest absolute Gasteiger partial charge is 0.472 e. The molecule has 1 fully saturated rings. The van der Waals surface area contributed by atoms with E-state index >= 15 is 0 Å². The Morgan fingerprint density at radius 2 is 2.31 bits per heavy atom. The zero-order valence-electron chi connectivity index (χ0n) is 9.40. The molecule has 1 aromatic heterocycles. The Kier molecular flexibility index (Phi) is 5.65. The molecule has 0 amide bonds. The van der Waals surface area contributed by atoms with E-state index in [9.17, 15) is 0 Å². The summed E-state index contributed by atoms with van der Waals surface area (Å²) >= 11 is 0. The van der Waals surface area contributed by atoms with Crippen LogP contribution >= 0.6 is 24.0 Å². The number of nitrogens with one attached hydrogen (secondary N) is 2. The summed E-state index contributed by atoms with van der Waals surface area (Å²) in [5.41, 5.74) is 1.13. The monoisotopic (exact) mass is 335 g/mol. The predicted octanol–water partition coefficient (Wildman–Crippen LogP) is 1.97. The van der Waals surface area contributed by atoms with Crippen molar-refractivity contribution in [3.63, 3.8) is 0 Å². The topological polar surface area (TPSA) is 49.6 Å². The third-order valence-electron chi connectivity index (χ3n) is 2.52. The fraction of sp³-hybridized carbons (Fsp3) is 0.545. The van der Waals surface area contributed by atoms with Crippen molar-refractivity contribution in [1.82, 2.24) is 10.6 Å². The minimum absolute atomic E-state index is 0. The van der Waals surface area contributed by atoms with E-state index in [4.69, 9.17) is 4.42 Å². The van der Waals surface area contributed by atoms with E-state index in [2.05, 4.69) is 15.6 Å². The molecule has 1 aliphatic rings. The van der Waals surface area contributed by atoms with Gasteiger partial charge in [-0.15, -0.1) is 24.0 Å². The quantitative estimate of drug-likeness (QED) is 0.503. The fourth-order valence-corrected chi connectivity index (χ4v) is 1.36. The van der Waals surface area contributed by atoms with Crippen LogP contribution in [-0.4, -0.2) is 19.6 Å². The smallest absolute Gasteiger partial charge is 0.191 e. The molecular weight excluding hydrogens is 317 g/mol. The molecule has 0 radical (unpaired) electrons. The summed E-state index contributed by atoms with van der Waals surface area (Å²) in [5, 5.41) is 6.54. The summed E-state index contributed by atoms with van der Waals surface area (Å²) in [7, 11) is 1.79. The highest BCUT2D eigenvalue weighted by atomic mass is 127. The molecule has 0 aromatic carbocycles. The van der Waals surface area contributed by atoms with Crippen LogP contribution in [0.2, 0.25) is 0 Å². The van der Waals surface area contributed by atoms with E-state index < -0.39 is 0 Å². The van der Waals surface area contributed by atoms with E-state index in [0.29, 0.717) is 0 Å². The Hall–Kier alpha value is -0.720. The first-order valence-corrected chi connectivity index (χ1v) is 5.34. The fourth-order valence-electron chi connectivity index (χ4n) is 1.36. The molecule has 0 spiro atoms. The molecular formula is C11H18IN3O. The van der Waals surface area contributed by atoms with Crippen LogP contribution in [0.1, 0.15) is 18.4 Å². The normalized spacial score (nSPS) is 15.4. The number of furan rings is 1. The van der Waals surface area contributed by atoms with Gasteiger partial charge in [0.1, 0.15) is 0 Å². The summed E-state index contributed by atoms with van der Waals surface area (Å²) < 4.78 is 4.99. The van der Waals surface area contributed by atoms with Crippen molar-refractivity contribution in [1.29, 1.82) is 0 Å². The summed E-state index contributed by atoms with van der Waals surface area (Å²) in [5.74, 6) is 1.72. The van der Waals surface area contributed by atoms with Crippen molar-refractivity contribution < 1.29 is 4.42 Å². The van der Waals surface area contributed by atoms with Gasteiger partial charge < -0.3 is 15.1 Å². The average molecular weight is 335 g/mol. The SMILES string of the molecule is CN=C(NCc1ccoc1)NCC1CC1.I. The Balaban J connectivity index is 0.00000128. The van der Waals surface area contributed by atoms with Gasteiger partial charge in [0.25, 0.3) is 0 Å². The van der Waals surface area contributed by atoms with Gasteiger partial charge >= 0.3 is 0 Å². The molecule has 5 heteroatoms. The van der Waals surface area contributed by atoms with Crippen LogP contribution in [0.15, 0.2) is 28.0 Å². The van der Waals surface area contributed by atoms with E-state index in [-0.39, 0.29) is 24.0 Å². The number of guanidine groups is 1. The van der Waals surface area contributed by atoms with Gasteiger partial charge in [-0.05, 0) is 24.8 Å². The van der Waals surface area contributed by atoms with Gasteiger partial charge in [0.2, 0.25) is 0 Å². The third-order valence-corrected chi connectivity index (χ3v) is 2.52. The number of halogens is 1. The van der Waals surface area contributed by atoms with Gasteiger partial charge in [0.05, 0.1) is 12.5 Å². The minimum Gasteiger partial charge on any atom is -0.472 e. The molecule has 0 bridgehead atoms. The third kappa shape index (κ3) is 4.42. The minimum atomic E-state index is 0. The molecule has 0 aliphatic heterocycles. The van der Waals surface area contributed by atoms with E-state index in [0.717, 1.165) is 30.5 Å².